The average molecular weight is 225 g/mol. The van der Waals surface area contributed by atoms with Crippen molar-refractivity contribution in [2.75, 3.05) is 6.54 Å². The first kappa shape index (κ1) is 10.2. The molecule has 1 atom stereocenters. The molecule has 1 aliphatic heterocycles. The van der Waals surface area contributed by atoms with Gasteiger partial charge < -0.3 is 10.0 Å². The van der Waals surface area contributed by atoms with Gasteiger partial charge in [-0.05, 0) is 30.4 Å². The Labute approximate surface area is 91.1 Å². The molecule has 1 aromatic rings. The molecule has 0 spiro atoms. The maximum absolute atomic E-state index is 11.4. The van der Waals surface area contributed by atoms with Crippen molar-refractivity contribution in [1.29, 1.82) is 0 Å². The van der Waals surface area contributed by atoms with Gasteiger partial charge in [0, 0.05) is 11.4 Å². The van der Waals surface area contributed by atoms with Crippen molar-refractivity contribution in [3.63, 3.8) is 0 Å². The van der Waals surface area contributed by atoms with E-state index in [0.717, 1.165) is 12.0 Å². The summed E-state index contributed by atoms with van der Waals surface area (Å²) in [7, 11) is 0. The van der Waals surface area contributed by atoms with Crippen LogP contribution in [0.4, 0.5) is 0 Å². The number of rotatable bonds is 0. The Morgan fingerprint density at radius 3 is 3.00 bits per heavy atom. The Kier molecular flexibility index (Phi) is 2.48. The van der Waals surface area contributed by atoms with Crippen LogP contribution in [0.3, 0.4) is 0 Å². The fourth-order valence-electron chi connectivity index (χ4n) is 1.91. The molecule has 2 rings (SSSR count). The molecular weight excluding hydrogens is 214 g/mol. The number of carbonyl (C=O) groups is 2. The Morgan fingerprint density at radius 2 is 2.33 bits per heavy atom. The van der Waals surface area contributed by atoms with Gasteiger partial charge in [-0.3, -0.25) is 4.79 Å². The summed E-state index contributed by atoms with van der Waals surface area (Å²) < 4.78 is 0. The number of fused-ring (bicyclic) bond motifs is 1. The van der Waals surface area contributed by atoms with Crippen molar-refractivity contribution in [3.8, 4) is 0 Å². The highest BCUT2D eigenvalue weighted by molar-refractivity contribution is 7.10. The quantitative estimate of drug-likeness (QED) is 0.677. The van der Waals surface area contributed by atoms with Crippen LogP contribution in [0.1, 0.15) is 23.4 Å². The first-order chi connectivity index (χ1) is 7.11. The van der Waals surface area contributed by atoms with Gasteiger partial charge in [-0.15, -0.1) is 11.3 Å². The van der Waals surface area contributed by atoms with Gasteiger partial charge in [0.05, 0.1) is 6.04 Å². The zero-order valence-corrected chi connectivity index (χ0v) is 9.08. The summed E-state index contributed by atoms with van der Waals surface area (Å²) in [6, 6.07) is 1.84. The van der Waals surface area contributed by atoms with Crippen LogP contribution in [0, 0.1) is 0 Å². The maximum atomic E-state index is 11.4. The van der Waals surface area contributed by atoms with Gasteiger partial charge in [-0.2, -0.15) is 0 Å². The third kappa shape index (κ3) is 1.63. The lowest BCUT2D eigenvalue weighted by Crippen LogP contribution is -2.41. The number of amides is 1. The molecule has 1 unspecified atom stereocenters. The van der Waals surface area contributed by atoms with E-state index in [-0.39, 0.29) is 6.04 Å². The van der Waals surface area contributed by atoms with E-state index in [4.69, 9.17) is 5.11 Å². The molecule has 0 fully saturated rings. The molecule has 80 valence electrons. The number of thiophene rings is 1. The van der Waals surface area contributed by atoms with Crippen molar-refractivity contribution in [2.24, 2.45) is 0 Å². The normalized spacial score (nSPS) is 19.8. The highest BCUT2D eigenvalue weighted by atomic mass is 32.1. The van der Waals surface area contributed by atoms with Crippen LogP contribution in [-0.2, 0) is 16.0 Å². The lowest BCUT2D eigenvalue weighted by Gasteiger charge is -2.32. The number of carboxylic acid groups (broad SMARTS) is 1. The van der Waals surface area contributed by atoms with E-state index in [0.29, 0.717) is 6.54 Å². The molecule has 1 aliphatic rings. The van der Waals surface area contributed by atoms with E-state index in [2.05, 4.69) is 0 Å². The highest BCUT2D eigenvalue weighted by Gasteiger charge is 2.31. The predicted molar refractivity (Wildman–Crippen MR) is 55.8 cm³/mol. The molecule has 1 amide bonds. The van der Waals surface area contributed by atoms with Gasteiger partial charge in [-0.1, -0.05) is 0 Å². The van der Waals surface area contributed by atoms with Gasteiger partial charge in [0.1, 0.15) is 0 Å². The molecule has 0 saturated carbocycles. The summed E-state index contributed by atoms with van der Waals surface area (Å²) in [5.74, 6) is -2.18. The predicted octanol–water partition coefficient (Wildman–Crippen LogP) is 1.28. The lowest BCUT2D eigenvalue weighted by atomic mass is 10.0. The minimum atomic E-state index is -1.37. The van der Waals surface area contributed by atoms with Crippen LogP contribution in [0.2, 0.25) is 0 Å². The molecule has 4 nitrogen and oxygen atoms in total. The second kappa shape index (κ2) is 3.66. The smallest absolute Gasteiger partial charge is 0.394 e. The molecule has 1 aromatic heterocycles. The van der Waals surface area contributed by atoms with E-state index in [1.54, 1.807) is 11.3 Å². The van der Waals surface area contributed by atoms with E-state index in [1.165, 1.54) is 9.78 Å². The Hall–Kier alpha value is -1.36. The first-order valence-electron chi connectivity index (χ1n) is 4.71. The van der Waals surface area contributed by atoms with Crippen LogP contribution in [0.25, 0.3) is 0 Å². The van der Waals surface area contributed by atoms with Crippen molar-refractivity contribution < 1.29 is 14.7 Å². The zero-order chi connectivity index (χ0) is 11.0. The second-order valence-corrected chi connectivity index (χ2v) is 4.53. The molecule has 15 heavy (non-hydrogen) atoms. The molecule has 0 saturated heterocycles. The SMILES string of the molecule is CC1c2ccsc2CCN1C(=O)C(=O)O. The van der Waals surface area contributed by atoms with Gasteiger partial charge in [0.25, 0.3) is 0 Å². The van der Waals surface area contributed by atoms with Crippen LogP contribution in [0.15, 0.2) is 11.4 Å². The summed E-state index contributed by atoms with van der Waals surface area (Å²) in [6.07, 6.45) is 0.760. The van der Waals surface area contributed by atoms with Gasteiger partial charge >= 0.3 is 11.9 Å². The maximum Gasteiger partial charge on any atom is 0.394 e. The molecule has 0 aliphatic carbocycles. The summed E-state index contributed by atoms with van der Waals surface area (Å²) >= 11 is 1.67. The van der Waals surface area contributed by atoms with E-state index < -0.39 is 11.9 Å². The number of carbonyl (C=O) groups excluding carboxylic acids is 1. The zero-order valence-electron chi connectivity index (χ0n) is 8.27. The Bertz CT molecular complexity index is 413. The summed E-state index contributed by atoms with van der Waals surface area (Å²) in [5.41, 5.74) is 1.08. The van der Waals surface area contributed by atoms with E-state index >= 15 is 0 Å². The van der Waals surface area contributed by atoms with Gasteiger partial charge in [0.15, 0.2) is 0 Å². The fraction of sp³-hybridized carbons (Fsp3) is 0.400. The van der Waals surface area contributed by atoms with Crippen LogP contribution < -0.4 is 0 Å². The van der Waals surface area contributed by atoms with E-state index in [1.807, 2.05) is 18.4 Å². The standard InChI is InChI=1S/C10H11NO3S/c1-6-7-3-5-15-8(7)2-4-11(6)9(12)10(13)14/h3,5-6H,2,4H2,1H3,(H,13,14). The molecular formula is C10H11NO3S. The van der Waals surface area contributed by atoms with Gasteiger partial charge in [-0.25, -0.2) is 4.79 Å². The van der Waals surface area contributed by atoms with Crippen LogP contribution in [0.5, 0.6) is 0 Å². The largest absolute Gasteiger partial charge is 0.474 e. The van der Waals surface area contributed by atoms with Gasteiger partial charge in [0.2, 0.25) is 0 Å². The first-order valence-corrected chi connectivity index (χ1v) is 5.59. The molecule has 0 aromatic carbocycles. The number of nitrogens with zero attached hydrogens (tertiary/aromatic N) is 1. The minimum Gasteiger partial charge on any atom is -0.474 e. The number of carboxylic acids is 1. The third-order valence-corrected chi connectivity index (χ3v) is 3.72. The lowest BCUT2D eigenvalue weighted by molar-refractivity contribution is -0.157. The van der Waals surface area contributed by atoms with Crippen molar-refractivity contribution >= 4 is 23.2 Å². The van der Waals surface area contributed by atoms with Crippen LogP contribution in [-0.4, -0.2) is 28.4 Å². The second-order valence-electron chi connectivity index (χ2n) is 3.53. The highest BCUT2D eigenvalue weighted by Crippen LogP contribution is 2.32. The molecule has 2 heterocycles. The average Bonchev–Trinajstić information content (AvgIpc) is 2.66. The van der Waals surface area contributed by atoms with Crippen LogP contribution >= 0.6 is 11.3 Å². The molecule has 0 radical (unpaired) electrons. The van der Waals surface area contributed by atoms with E-state index in [9.17, 15) is 9.59 Å². The fourth-order valence-corrected chi connectivity index (χ4v) is 2.87. The third-order valence-electron chi connectivity index (χ3n) is 2.72. The molecule has 5 heteroatoms. The summed E-state index contributed by atoms with van der Waals surface area (Å²) in [5, 5.41) is 10.6. The summed E-state index contributed by atoms with van der Waals surface area (Å²) in [4.78, 5) is 24.7. The van der Waals surface area contributed by atoms with Crippen molar-refractivity contribution in [1.82, 2.24) is 4.90 Å². The minimum absolute atomic E-state index is 0.122. The molecule has 1 N–H and O–H groups in total. The number of hydrogen-bond donors (Lipinski definition) is 1. The number of hydrogen-bond acceptors (Lipinski definition) is 3. The number of aliphatic carboxylic acids is 1. The monoisotopic (exact) mass is 225 g/mol. The Morgan fingerprint density at radius 1 is 1.60 bits per heavy atom. The van der Waals surface area contributed by atoms with Crippen molar-refractivity contribution in [3.05, 3.63) is 21.9 Å². The van der Waals surface area contributed by atoms with Crippen molar-refractivity contribution in [2.45, 2.75) is 19.4 Å². The molecule has 0 bridgehead atoms. The topological polar surface area (TPSA) is 57.6 Å². The Balaban J connectivity index is 2.27. The summed E-state index contributed by atoms with van der Waals surface area (Å²) in [6.45, 7) is 2.37.